The molecule has 1 heterocycles. The maximum atomic E-state index is 4.98. The smallest absolute Gasteiger partial charge is 0.0730 e. The van der Waals surface area contributed by atoms with Crippen LogP contribution in [0.5, 0.6) is 0 Å². The highest BCUT2D eigenvalue weighted by molar-refractivity contribution is 5.31. The molecule has 96 valence electrons. The third-order valence-corrected chi connectivity index (χ3v) is 2.66. The van der Waals surface area contributed by atoms with Gasteiger partial charge in [0.2, 0.25) is 0 Å². The summed E-state index contributed by atoms with van der Waals surface area (Å²) in [6.45, 7) is 2.49. The molecule has 0 aliphatic carbocycles. The number of hydrogen-bond acceptors (Lipinski definition) is 4. The molecule has 0 spiro atoms. The molecule has 0 saturated carbocycles. The van der Waals surface area contributed by atoms with Crippen molar-refractivity contribution in [1.82, 2.24) is 20.3 Å². The lowest BCUT2D eigenvalue weighted by molar-refractivity contribution is 0.199. The van der Waals surface area contributed by atoms with Crippen molar-refractivity contribution in [3.8, 4) is 5.69 Å². The Balaban J connectivity index is 1.92. The predicted octanol–water partition coefficient (Wildman–Crippen LogP) is 1.05. The molecule has 2 rings (SSSR count). The average Bonchev–Trinajstić information content (AvgIpc) is 2.88. The quantitative estimate of drug-likeness (QED) is 0.742. The third-order valence-electron chi connectivity index (χ3n) is 2.66. The van der Waals surface area contributed by atoms with Gasteiger partial charge in [-0.25, -0.2) is 4.68 Å². The Bertz CT molecular complexity index is 455. The van der Waals surface area contributed by atoms with Crippen molar-refractivity contribution in [2.75, 3.05) is 26.8 Å². The first-order chi connectivity index (χ1) is 8.92. The number of para-hydroxylation sites is 1. The number of methoxy groups -OCH3 is 1. The van der Waals surface area contributed by atoms with Crippen molar-refractivity contribution in [2.24, 2.45) is 0 Å². The van der Waals surface area contributed by atoms with Gasteiger partial charge in [0.1, 0.15) is 0 Å². The van der Waals surface area contributed by atoms with Crippen LogP contribution in [0.4, 0.5) is 0 Å². The Hall–Kier alpha value is -1.72. The van der Waals surface area contributed by atoms with Crippen LogP contribution in [0.2, 0.25) is 0 Å². The maximum Gasteiger partial charge on any atom is 0.0730 e. The molecule has 5 nitrogen and oxygen atoms in total. The molecule has 0 amide bonds. The molecule has 1 aromatic heterocycles. The van der Waals surface area contributed by atoms with Gasteiger partial charge in [0, 0.05) is 26.6 Å². The van der Waals surface area contributed by atoms with Crippen LogP contribution in [0.3, 0.4) is 0 Å². The van der Waals surface area contributed by atoms with Crippen molar-refractivity contribution in [1.29, 1.82) is 0 Å². The van der Waals surface area contributed by atoms with Gasteiger partial charge in [-0.1, -0.05) is 23.4 Å². The van der Waals surface area contributed by atoms with Gasteiger partial charge in [0.05, 0.1) is 24.2 Å². The molecule has 0 aliphatic rings. The molecule has 5 heteroatoms. The lowest BCUT2D eigenvalue weighted by Crippen LogP contribution is -2.22. The number of nitrogens with one attached hydrogen (secondary N) is 1. The van der Waals surface area contributed by atoms with Crippen LogP contribution in [0.25, 0.3) is 5.69 Å². The van der Waals surface area contributed by atoms with E-state index in [0.717, 1.165) is 37.5 Å². The number of benzene rings is 1. The van der Waals surface area contributed by atoms with E-state index in [0.29, 0.717) is 0 Å². The molecule has 0 unspecified atom stereocenters. The van der Waals surface area contributed by atoms with Crippen LogP contribution in [0.1, 0.15) is 5.69 Å². The highest BCUT2D eigenvalue weighted by Gasteiger charge is 2.04. The second-order valence-electron chi connectivity index (χ2n) is 3.97. The van der Waals surface area contributed by atoms with Crippen LogP contribution in [0, 0.1) is 0 Å². The van der Waals surface area contributed by atoms with Gasteiger partial charge >= 0.3 is 0 Å². The first kappa shape index (κ1) is 12.7. The largest absolute Gasteiger partial charge is 0.383 e. The Morgan fingerprint density at radius 2 is 2.06 bits per heavy atom. The molecule has 0 aliphatic heterocycles. The Morgan fingerprint density at radius 3 is 2.83 bits per heavy atom. The highest BCUT2D eigenvalue weighted by Crippen LogP contribution is 2.08. The van der Waals surface area contributed by atoms with E-state index in [1.165, 1.54) is 0 Å². The summed E-state index contributed by atoms with van der Waals surface area (Å²) in [5.41, 5.74) is 2.15. The molecular weight excluding hydrogens is 228 g/mol. The van der Waals surface area contributed by atoms with E-state index in [1.807, 2.05) is 41.2 Å². The summed E-state index contributed by atoms with van der Waals surface area (Å²) in [5, 5.41) is 11.4. The number of hydrogen-bond donors (Lipinski definition) is 1. The first-order valence-corrected chi connectivity index (χ1v) is 6.06. The third kappa shape index (κ3) is 3.38. The topological polar surface area (TPSA) is 52.0 Å². The van der Waals surface area contributed by atoms with Crippen molar-refractivity contribution < 1.29 is 4.74 Å². The van der Waals surface area contributed by atoms with Crippen LogP contribution in [-0.4, -0.2) is 41.8 Å². The summed E-state index contributed by atoms with van der Waals surface area (Å²) in [6, 6.07) is 10.0. The maximum absolute atomic E-state index is 4.98. The zero-order valence-corrected chi connectivity index (χ0v) is 10.5. The summed E-state index contributed by atoms with van der Waals surface area (Å²) < 4.78 is 6.85. The fourth-order valence-corrected chi connectivity index (χ4v) is 1.73. The van der Waals surface area contributed by atoms with E-state index in [4.69, 9.17) is 4.74 Å². The summed E-state index contributed by atoms with van der Waals surface area (Å²) in [4.78, 5) is 0. The molecule has 0 bridgehead atoms. The summed E-state index contributed by atoms with van der Waals surface area (Å²) >= 11 is 0. The standard InChI is InChI=1S/C13H18N4O/c1-18-10-9-14-8-7-13-11-15-16-17(13)12-5-3-2-4-6-12/h2-6,11,14H,7-10H2,1H3. The first-order valence-electron chi connectivity index (χ1n) is 6.06. The molecule has 2 aromatic rings. The molecule has 0 radical (unpaired) electrons. The van der Waals surface area contributed by atoms with Crippen molar-refractivity contribution in [3.63, 3.8) is 0 Å². The summed E-state index contributed by atoms with van der Waals surface area (Å²) in [6.07, 6.45) is 2.70. The minimum atomic E-state index is 0.732. The van der Waals surface area contributed by atoms with Gasteiger partial charge in [-0.3, -0.25) is 0 Å². The van der Waals surface area contributed by atoms with E-state index in [-0.39, 0.29) is 0 Å². The Morgan fingerprint density at radius 1 is 1.22 bits per heavy atom. The number of ether oxygens (including phenoxy) is 1. The van der Waals surface area contributed by atoms with Crippen LogP contribution in [0.15, 0.2) is 36.5 Å². The van der Waals surface area contributed by atoms with Gasteiger partial charge in [-0.05, 0) is 12.1 Å². The van der Waals surface area contributed by atoms with E-state index in [2.05, 4.69) is 15.6 Å². The van der Waals surface area contributed by atoms with Crippen molar-refractivity contribution in [3.05, 3.63) is 42.2 Å². The zero-order chi connectivity index (χ0) is 12.6. The minimum Gasteiger partial charge on any atom is -0.383 e. The average molecular weight is 246 g/mol. The van der Waals surface area contributed by atoms with E-state index in [1.54, 1.807) is 7.11 Å². The minimum absolute atomic E-state index is 0.732. The molecule has 1 N–H and O–H groups in total. The molecule has 1 aromatic carbocycles. The number of aromatic nitrogens is 3. The van der Waals surface area contributed by atoms with Crippen LogP contribution in [-0.2, 0) is 11.2 Å². The van der Waals surface area contributed by atoms with E-state index < -0.39 is 0 Å². The lowest BCUT2D eigenvalue weighted by atomic mass is 10.3. The Kier molecular flexibility index (Phi) is 4.87. The van der Waals surface area contributed by atoms with E-state index in [9.17, 15) is 0 Å². The van der Waals surface area contributed by atoms with Gasteiger partial charge in [0.15, 0.2) is 0 Å². The molecule has 0 fully saturated rings. The molecule has 0 atom stereocenters. The van der Waals surface area contributed by atoms with Crippen molar-refractivity contribution >= 4 is 0 Å². The molecule has 18 heavy (non-hydrogen) atoms. The highest BCUT2D eigenvalue weighted by atomic mass is 16.5. The second-order valence-corrected chi connectivity index (χ2v) is 3.97. The van der Waals surface area contributed by atoms with Gasteiger partial charge in [-0.15, -0.1) is 5.10 Å². The monoisotopic (exact) mass is 246 g/mol. The van der Waals surface area contributed by atoms with Crippen LogP contribution >= 0.6 is 0 Å². The second kappa shape index (κ2) is 6.88. The van der Waals surface area contributed by atoms with Crippen LogP contribution < -0.4 is 5.32 Å². The fourth-order valence-electron chi connectivity index (χ4n) is 1.73. The lowest BCUT2D eigenvalue weighted by Gasteiger charge is -2.06. The normalized spacial score (nSPS) is 10.7. The number of nitrogens with zero attached hydrogens (tertiary/aromatic N) is 3. The molecule has 0 saturated heterocycles. The van der Waals surface area contributed by atoms with E-state index >= 15 is 0 Å². The van der Waals surface area contributed by atoms with Gasteiger partial charge < -0.3 is 10.1 Å². The number of rotatable bonds is 7. The summed E-state index contributed by atoms with van der Waals surface area (Å²) in [7, 11) is 1.70. The van der Waals surface area contributed by atoms with Gasteiger partial charge in [0.25, 0.3) is 0 Å². The zero-order valence-electron chi connectivity index (χ0n) is 10.5. The van der Waals surface area contributed by atoms with Crippen molar-refractivity contribution in [2.45, 2.75) is 6.42 Å². The fraction of sp³-hybridized carbons (Fsp3) is 0.385. The van der Waals surface area contributed by atoms with Gasteiger partial charge in [-0.2, -0.15) is 0 Å². The Labute approximate surface area is 107 Å². The molecular formula is C13H18N4O. The predicted molar refractivity (Wildman–Crippen MR) is 69.8 cm³/mol. The SMILES string of the molecule is COCCNCCc1cnnn1-c1ccccc1. The summed E-state index contributed by atoms with van der Waals surface area (Å²) in [5.74, 6) is 0.